The van der Waals surface area contributed by atoms with Crippen LogP contribution in [0.25, 0.3) is 22.6 Å². The predicted molar refractivity (Wildman–Crippen MR) is 93.6 cm³/mol. The highest BCUT2D eigenvalue weighted by Crippen LogP contribution is 2.43. The van der Waals surface area contributed by atoms with Crippen LogP contribution in [0, 0.1) is 0 Å². The molecule has 1 unspecified atom stereocenters. The molecule has 6 nitrogen and oxygen atoms in total. The van der Waals surface area contributed by atoms with E-state index in [0.29, 0.717) is 35.4 Å². The average Bonchev–Trinajstić information content (AvgIpc) is 3.17. The number of aliphatic hydroxyl groups excluding tert-OH is 1. The average molecular weight is 376 g/mol. The minimum absolute atomic E-state index is 0.0316. The van der Waals surface area contributed by atoms with E-state index in [2.05, 4.69) is 14.5 Å². The first kappa shape index (κ1) is 17.7. The summed E-state index contributed by atoms with van der Waals surface area (Å²) in [5, 5.41) is 9.25. The van der Waals surface area contributed by atoms with E-state index in [9.17, 15) is 13.9 Å². The van der Waals surface area contributed by atoms with Crippen LogP contribution in [0.1, 0.15) is 18.9 Å². The van der Waals surface area contributed by atoms with E-state index in [1.54, 1.807) is 19.1 Å². The molecule has 1 aliphatic heterocycles. The number of hydrogen-bond acceptors (Lipinski definition) is 6. The maximum absolute atomic E-state index is 13.2. The molecule has 4 rings (SSSR count). The van der Waals surface area contributed by atoms with Crippen LogP contribution in [0.15, 0.2) is 40.8 Å². The summed E-state index contributed by atoms with van der Waals surface area (Å²) in [5.41, 5.74) is 8.06. The summed E-state index contributed by atoms with van der Waals surface area (Å²) in [4.78, 5) is 4.44. The number of aliphatic hydroxyl groups is 1. The summed E-state index contributed by atoms with van der Waals surface area (Å²) < 4.78 is 40.9. The maximum atomic E-state index is 13.2. The number of rotatable bonds is 5. The second-order valence-corrected chi connectivity index (χ2v) is 6.96. The number of fused-ring (bicyclic) bond motifs is 2. The highest BCUT2D eigenvalue weighted by Gasteiger charge is 2.43. The van der Waals surface area contributed by atoms with Crippen molar-refractivity contribution in [2.45, 2.75) is 31.6 Å². The van der Waals surface area contributed by atoms with Crippen molar-refractivity contribution in [3.63, 3.8) is 0 Å². The van der Waals surface area contributed by atoms with Crippen LogP contribution in [0.2, 0.25) is 0 Å². The fourth-order valence-corrected chi connectivity index (χ4v) is 2.84. The Kier molecular flexibility index (Phi) is 4.05. The summed E-state index contributed by atoms with van der Waals surface area (Å²) in [6.45, 7) is 1.70. The van der Waals surface area contributed by atoms with Gasteiger partial charge in [-0.15, -0.1) is 8.78 Å². The van der Waals surface area contributed by atoms with E-state index in [1.165, 1.54) is 12.1 Å². The van der Waals surface area contributed by atoms with Crippen LogP contribution in [0.3, 0.4) is 0 Å². The summed E-state index contributed by atoms with van der Waals surface area (Å²) in [5.74, 6) is 0.199. The smallest absolute Gasteiger partial charge is 0.436 e. The Morgan fingerprint density at radius 3 is 2.70 bits per heavy atom. The molecule has 1 aromatic heterocycles. The highest BCUT2D eigenvalue weighted by atomic mass is 19.3. The van der Waals surface area contributed by atoms with Gasteiger partial charge >= 0.3 is 6.29 Å². The largest absolute Gasteiger partial charge is 0.586 e. The number of aromatic nitrogens is 1. The van der Waals surface area contributed by atoms with Gasteiger partial charge in [0.1, 0.15) is 5.52 Å². The standard InChI is InChI=1S/C19H18F2N2O4/c1-18(22,10-24)7-6-11-2-4-14-13(8-11)23-17(25-14)12-3-5-15-16(9-12)27-19(20,21)26-15/h2-5,8-9,24H,6-7,10,22H2,1H3. The zero-order chi connectivity index (χ0) is 19.2. The molecule has 8 heteroatoms. The molecule has 0 fully saturated rings. The fraction of sp³-hybridized carbons (Fsp3) is 0.316. The number of oxazole rings is 1. The highest BCUT2D eigenvalue weighted by molar-refractivity contribution is 5.77. The molecule has 2 heterocycles. The van der Waals surface area contributed by atoms with Gasteiger partial charge in [0.15, 0.2) is 17.1 Å². The second kappa shape index (κ2) is 6.17. The maximum Gasteiger partial charge on any atom is 0.586 e. The second-order valence-electron chi connectivity index (χ2n) is 6.96. The third-order valence-electron chi connectivity index (χ3n) is 4.45. The van der Waals surface area contributed by atoms with Gasteiger partial charge in [0, 0.05) is 11.1 Å². The number of halogens is 2. The Morgan fingerprint density at radius 1 is 1.15 bits per heavy atom. The van der Waals surface area contributed by atoms with Gasteiger partial charge in [0.2, 0.25) is 5.89 Å². The zero-order valence-electron chi connectivity index (χ0n) is 14.5. The molecule has 27 heavy (non-hydrogen) atoms. The molecule has 142 valence electrons. The molecule has 3 N–H and O–H groups in total. The molecule has 3 aromatic rings. The van der Waals surface area contributed by atoms with Crippen molar-refractivity contribution in [3.8, 4) is 23.0 Å². The lowest BCUT2D eigenvalue weighted by Crippen LogP contribution is -2.40. The van der Waals surface area contributed by atoms with Crippen molar-refractivity contribution in [2.24, 2.45) is 5.73 Å². The Labute approximate surface area is 153 Å². The van der Waals surface area contributed by atoms with Crippen LogP contribution in [-0.2, 0) is 6.42 Å². The number of hydrogen-bond donors (Lipinski definition) is 2. The van der Waals surface area contributed by atoms with Gasteiger partial charge in [0.25, 0.3) is 0 Å². The molecular weight excluding hydrogens is 358 g/mol. The minimum atomic E-state index is -3.66. The van der Waals surface area contributed by atoms with Crippen molar-refractivity contribution < 1.29 is 27.8 Å². The van der Waals surface area contributed by atoms with Crippen molar-refractivity contribution >= 4 is 11.1 Å². The zero-order valence-corrected chi connectivity index (χ0v) is 14.5. The van der Waals surface area contributed by atoms with Gasteiger partial charge in [-0.2, -0.15) is 0 Å². The normalized spacial score (nSPS) is 17.2. The molecule has 2 aromatic carbocycles. The molecular formula is C19H18F2N2O4. The summed E-state index contributed by atoms with van der Waals surface area (Å²) in [7, 11) is 0. The van der Waals surface area contributed by atoms with E-state index >= 15 is 0 Å². The number of alkyl halides is 2. The van der Waals surface area contributed by atoms with Crippen molar-refractivity contribution in [1.82, 2.24) is 4.98 Å². The number of benzene rings is 2. The number of nitrogens with zero attached hydrogens (tertiary/aromatic N) is 1. The van der Waals surface area contributed by atoms with E-state index in [1.807, 2.05) is 12.1 Å². The Balaban J connectivity index is 1.59. The van der Waals surface area contributed by atoms with Crippen LogP contribution < -0.4 is 15.2 Å². The molecule has 0 radical (unpaired) electrons. The van der Waals surface area contributed by atoms with Gasteiger partial charge in [-0.3, -0.25) is 0 Å². The Hall–Kier alpha value is -2.71. The summed E-state index contributed by atoms with van der Waals surface area (Å²) in [6.07, 6.45) is -2.36. The minimum Gasteiger partial charge on any atom is -0.436 e. The van der Waals surface area contributed by atoms with E-state index in [4.69, 9.17) is 10.2 Å². The topological polar surface area (TPSA) is 90.7 Å². The number of aryl methyl sites for hydroxylation is 1. The molecule has 0 amide bonds. The first-order valence-electron chi connectivity index (χ1n) is 8.44. The summed E-state index contributed by atoms with van der Waals surface area (Å²) >= 11 is 0. The van der Waals surface area contributed by atoms with Gasteiger partial charge in [-0.05, 0) is 55.7 Å². The SMILES string of the molecule is CC(N)(CO)CCc1ccc2oc(-c3ccc4c(c3)OC(F)(F)O4)nc2c1. The predicted octanol–water partition coefficient (Wildman–Crippen LogP) is 3.46. The Bertz CT molecular complexity index is 1000. The lowest BCUT2D eigenvalue weighted by atomic mass is 9.95. The lowest BCUT2D eigenvalue weighted by Gasteiger charge is -2.21. The van der Waals surface area contributed by atoms with E-state index < -0.39 is 11.8 Å². The molecule has 1 atom stereocenters. The van der Waals surface area contributed by atoms with Crippen LogP contribution in [0.4, 0.5) is 8.78 Å². The number of nitrogens with two attached hydrogens (primary N) is 1. The molecule has 0 saturated carbocycles. The molecule has 0 saturated heterocycles. The first-order chi connectivity index (χ1) is 12.7. The van der Waals surface area contributed by atoms with Gasteiger partial charge < -0.3 is 24.7 Å². The first-order valence-corrected chi connectivity index (χ1v) is 8.44. The molecule has 0 spiro atoms. The van der Waals surface area contributed by atoms with Crippen LogP contribution in [0.5, 0.6) is 11.5 Å². The monoisotopic (exact) mass is 376 g/mol. The third kappa shape index (κ3) is 3.58. The summed E-state index contributed by atoms with van der Waals surface area (Å²) in [6, 6.07) is 9.97. The van der Waals surface area contributed by atoms with E-state index in [0.717, 1.165) is 5.56 Å². The van der Waals surface area contributed by atoms with Gasteiger partial charge in [-0.1, -0.05) is 6.07 Å². The van der Waals surface area contributed by atoms with Crippen molar-refractivity contribution in [1.29, 1.82) is 0 Å². The fourth-order valence-electron chi connectivity index (χ4n) is 2.84. The van der Waals surface area contributed by atoms with E-state index in [-0.39, 0.29) is 18.1 Å². The Morgan fingerprint density at radius 2 is 1.93 bits per heavy atom. The third-order valence-corrected chi connectivity index (χ3v) is 4.45. The van der Waals surface area contributed by atoms with Gasteiger partial charge in [-0.25, -0.2) is 4.98 Å². The van der Waals surface area contributed by atoms with Crippen molar-refractivity contribution in [2.75, 3.05) is 6.61 Å². The molecule has 1 aliphatic rings. The molecule has 0 aliphatic carbocycles. The van der Waals surface area contributed by atoms with Crippen LogP contribution in [-0.4, -0.2) is 28.5 Å². The van der Waals surface area contributed by atoms with Gasteiger partial charge in [0.05, 0.1) is 6.61 Å². The van der Waals surface area contributed by atoms with Crippen LogP contribution >= 0.6 is 0 Å². The lowest BCUT2D eigenvalue weighted by molar-refractivity contribution is -0.286. The molecule has 0 bridgehead atoms. The van der Waals surface area contributed by atoms with Crippen molar-refractivity contribution in [3.05, 3.63) is 42.0 Å². The quantitative estimate of drug-likeness (QED) is 0.709. The number of ether oxygens (including phenoxy) is 2.